The van der Waals surface area contributed by atoms with Gasteiger partial charge in [0.25, 0.3) is 11.9 Å². The summed E-state index contributed by atoms with van der Waals surface area (Å²) in [4.78, 5) is 71.6. The number of hydrazine groups is 2. The van der Waals surface area contributed by atoms with Gasteiger partial charge >= 0.3 is 5.97 Å². The molecular formula is C49H64N9O8+. The lowest BCUT2D eigenvalue weighted by Crippen LogP contribution is -2.62. The lowest BCUT2D eigenvalue weighted by Gasteiger charge is -2.36. The maximum Gasteiger partial charge on any atom is 0.324 e. The molecule has 2 aromatic heterocycles. The fourth-order valence-electron chi connectivity index (χ4n) is 10.5. The second kappa shape index (κ2) is 18.7. The number of likely N-dealkylation sites (N-methyl/N-ethyl adjacent to an activating group) is 1. The van der Waals surface area contributed by atoms with Crippen molar-refractivity contribution in [3.8, 4) is 28.1 Å². The van der Waals surface area contributed by atoms with E-state index in [9.17, 15) is 29.2 Å². The van der Waals surface area contributed by atoms with E-state index in [4.69, 9.17) is 14.6 Å². The molecule has 0 unspecified atom stereocenters. The van der Waals surface area contributed by atoms with Gasteiger partial charge in [-0.05, 0) is 91.1 Å². The molecule has 8 rings (SSSR count). The molecule has 4 aromatic rings. The monoisotopic (exact) mass is 906 g/mol. The van der Waals surface area contributed by atoms with Crippen molar-refractivity contribution < 1.29 is 38.6 Å². The molecule has 0 spiro atoms. The lowest BCUT2D eigenvalue weighted by atomic mass is 9.84. The standard InChI is InChI=1S/C49H63N9O8/c1-9-42(60)54-18-15-33(27-54)58(64)53(7)43(29(3)4)46(61)51-39-22-30-20-32(23-34(59)21-30)31-13-14-40-35(24-31)36(44(55(40)10-2)37-26-50-56-19-16-41(65-8)45(37)56)25-49(5,6)28-66-48(63)38-12-11-17-57(52-38)47(39)62/h9,13-14,20-21,23-24,26,29,33,38-39,41,43,52H,1,10-12,15-19,22,25,27-28H2,2-8H3,(H-,51,59,61)/p+1/t33-,38-,39-,41-,43-/m0/s1. The number of nitrogens with one attached hydrogen (secondary N) is 2. The van der Waals surface area contributed by atoms with Crippen molar-refractivity contribution in [2.24, 2.45) is 11.3 Å². The predicted octanol–water partition coefficient (Wildman–Crippen LogP) is 5.07. The number of hydrogen-bond donors (Lipinski definition) is 3. The molecule has 3 N–H and O–H groups in total. The van der Waals surface area contributed by atoms with Crippen LogP contribution in [0.5, 0.6) is 5.75 Å². The van der Waals surface area contributed by atoms with Gasteiger partial charge in [0, 0.05) is 68.0 Å². The van der Waals surface area contributed by atoms with Crippen molar-refractivity contribution in [1.29, 1.82) is 0 Å². The van der Waals surface area contributed by atoms with Crippen molar-refractivity contribution in [1.82, 2.24) is 40.0 Å². The minimum atomic E-state index is -1.17. The van der Waals surface area contributed by atoms with Gasteiger partial charge in [-0.15, -0.1) is 5.01 Å². The zero-order valence-electron chi connectivity index (χ0n) is 39.2. The summed E-state index contributed by atoms with van der Waals surface area (Å²) in [7, 11) is 3.28. The number of ether oxygens (including phenoxy) is 2. The Morgan fingerprint density at radius 1 is 1.12 bits per heavy atom. The summed E-state index contributed by atoms with van der Waals surface area (Å²) in [6.45, 7) is 15.9. The largest absolute Gasteiger partial charge is 0.508 e. The Labute approximate surface area is 385 Å². The average molecular weight is 907 g/mol. The Balaban J connectivity index is 1.19. The number of rotatable bonds is 10. The third-order valence-electron chi connectivity index (χ3n) is 13.8. The maximum atomic E-state index is 14.7. The van der Waals surface area contributed by atoms with Crippen LogP contribution < -0.4 is 10.7 Å². The van der Waals surface area contributed by atoms with Crippen LogP contribution in [0.1, 0.15) is 83.2 Å². The van der Waals surface area contributed by atoms with Crippen molar-refractivity contribution in [3.63, 3.8) is 0 Å². The van der Waals surface area contributed by atoms with Gasteiger partial charge in [-0.1, -0.05) is 46.4 Å². The van der Waals surface area contributed by atoms with Crippen LogP contribution in [0.2, 0.25) is 0 Å². The topological polar surface area (TPSA) is 184 Å². The number of fused-ring (bicyclic) bond motifs is 7. The van der Waals surface area contributed by atoms with Crippen molar-refractivity contribution in [3.05, 3.63) is 77.0 Å². The molecule has 6 bridgehead atoms. The molecule has 0 saturated carbocycles. The highest BCUT2D eigenvalue weighted by molar-refractivity contribution is 5.96. The molecule has 4 aliphatic rings. The van der Waals surface area contributed by atoms with Gasteiger partial charge in [0.2, 0.25) is 11.8 Å². The van der Waals surface area contributed by atoms with Gasteiger partial charge in [-0.25, -0.2) is 5.43 Å². The number of phenols is 1. The van der Waals surface area contributed by atoms with E-state index >= 15 is 0 Å². The number of aromatic hydroxyl groups is 1. The van der Waals surface area contributed by atoms with E-state index in [1.54, 1.807) is 31.2 Å². The zero-order valence-corrected chi connectivity index (χ0v) is 39.2. The van der Waals surface area contributed by atoms with E-state index < -0.39 is 47.4 Å². The fraction of sp³-hybridized carbons (Fsp3) is 0.531. The quantitative estimate of drug-likeness (QED) is 0.0836. The first kappa shape index (κ1) is 46.5. The first-order valence-electron chi connectivity index (χ1n) is 23.2. The second-order valence-electron chi connectivity index (χ2n) is 19.4. The molecule has 17 heteroatoms. The van der Waals surface area contributed by atoms with Gasteiger partial charge in [-0.2, -0.15) is 5.10 Å². The highest BCUT2D eigenvalue weighted by Crippen LogP contribution is 2.44. The number of carbonyl (C=O) groups excluding carboxylic acids is 4. The first-order chi connectivity index (χ1) is 31.5. The number of nitroso groups, excluding NO2 is 1. The van der Waals surface area contributed by atoms with E-state index in [1.165, 1.54) is 16.1 Å². The van der Waals surface area contributed by atoms with Crippen LogP contribution in [-0.2, 0) is 54.6 Å². The summed E-state index contributed by atoms with van der Waals surface area (Å²) in [5.41, 5.74) is 9.93. The number of methoxy groups -OCH3 is 1. The van der Waals surface area contributed by atoms with E-state index in [0.717, 1.165) is 62.4 Å². The number of aromatic nitrogens is 3. The molecule has 0 radical (unpaired) electrons. The van der Waals surface area contributed by atoms with E-state index in [0.29, 0.717) is 44.3 Å². The van der Waals surface area contributed by atoms with E-state index in [-0.39, 0.29) is 49.8 Å². The number of likely N-dealkylation sites (tertiary alicyclic amines) is 1. The second-order valence-corrected chi connectivity index (χ2v) is 19.4. The van der Waals surface area contributed by atoms with E-state index in [2.05, 4.69) is 54.8 Å². The molecule has 17 nitrogen and oxygen atoms in total. The molecule has 4 aliphatic heterocycles. The molecule has 66 heavy (non-hydrogen) atoms. The van der Waals surface area contributed by atoms with Crippen LogP contribution in [0.4, 0.5) is 0 Å². The van der Waals surface area contributed by atoms with Crippen LogP contribution in [0.15, 0.2) is 55.3 Å². The molecular weight excluding hydrogens is 843 g/mol. The molecule has 2 fully saturated rings. The number of carbonyl (C=O) groups is 4. The predicted molar refractivity (Wildman–Crippen MR) is 247 cm³/mol. The Morgan fingerprint density at radius 2 is 1.91 bits per heavy atom. The summed E-state index contributed by atoms with van der Waals surface area (Å²) in [6, 6.07) is 7.94. The number of phenolic OH excluding ortho intramolecular Hbond substituents is 1. The molecule has 352 valence electrons. The Hall–Kier alpha value is -6.07. The fourth-order valence-corrected chi connectivity index (χ4v) is 10.5. The molecule has 6 heterocycles. The molecule has 2 saturated heterocycles. The third-order valence-corrected chi connectivity index (χ3v) is 13.8. The lowest BCUT2D eigenvalue weighted by molar-refractivity contribution is -0.732. The number of aryl methyl sites for hydroxylation is 2. The number of hydrogen-bond acceptors (Lipinski definition) is 10. The number of cyclic esters (lactones) is 1. The number of amides is 3. The van der Waals surface area contributed by atoms with Crippen molar-refractivity contribution >= 4 is 34.6 Å². The number of benzene rings is 2. The molecule has 2 aromatic carbocycles. The Bertz CT molecular complexity index is 2560. The van der Waals surface area contributed by atoms with Crippen molar-refractivity contribution in [2.45, 2.75) is 117 Å². The summed E-state index contributed by atoms with van der Waals surface area (Å²) in [5.74, 6) is -2.14. The highest BCUT2D eigenvalue weighted by Gasteiger charge is 2.45. The van der Waals surface area contributed by atoms with Crippen LogP contribution in [-0.4, -0.2) is 127 Å². The van der Waals surface area contributed by atoms with Gasteiger partial charge in [0.05, 0.1) is 42.7 Å². The third kappa shape index (κ3) is 8.94. The molecule has 3 amide bonds. The molecule has 0 aliphatic carbocycles. The Kier molecular flexibility index (Phi) is 13.1. The summed E-state index contributed by atoms with van der Waals surface area (Å²) >= 11 is 0. The van der Waals surface area contributed by atoms with Gasteiger partial charge < -0.3 is 29.4 Å². The van der Waals surface area contributed by atoms with Crippen molar-refractivity contribution in [2.75, 3.05) is 40.4 Å². The smallest absolute Gasteiger partial charge is 0.324 e. The normalized spacial score (nSPS) is 22.5. The van der Waals surface area contributed by atoms with Gasteiger partial charge in [0.1, 0.15) is 28.8 Å². The van der Waals surface area contributed by atoms with E-state index in [1.807, 2.05) is 36.9 Å². The Morgan fingerprint density at radius 3 is 2.64 bits per heavy atom. The zero-order chi connectivity index (χ0) is 47.2. The number of esters is 1. The summed E-state index contributed by atoms with van der Waals surface area (Å²) < 4.78 is 16.4. The van der Waals surface area contributed by atoms with Crippen LogP contribution in [0.25, 0.3) is 33.3 Å². The minimum absolute atomic E-state index is 0.00927. The van der Waals surface area contributed by atoms with Gasteiger partial charge in [-0.3, -0.25) is 28.9 Å². The summed E-state index contributed by atoms with van der Waals surface area (Å²) in [5, 5.41) is 22.9. The van der Waals surface area contributed by atoms with Crippen LogP contribution in [0.3, 0.4) is 0 Å². The SMILES string of the molecule is C=CC(=O)N1CC[C@H]([N+](=O)N(C)[C@H](C(=O)N[C@H]2Cc3cc(O)cc(c3)-c3ccc4c(c3)c(c(-c3cnn5c3[C@@H](OC)CC5)n4CC)CC(C)(C)COC(=O)[C@@H]3CCCN(N3)C2=O)C(C)C)C1. The highest BCUT2D eigenvalue weighted by atomic mass is 16.5. The van der Waals surface area contributed by atoms with Crippen LogP contribution in [0, 0.1) is 16.2 Å². The summed E-state index contributed by atoms with van der Waals surface area (Å²) in [6.07, 6.45) is 5.80. The van der Waals surface area contributed by atoms with Crippen LogP contribution >= 0.6 is 0 Å². The minimum Gasteiger partial charge on any atom is -0.508 e. The average Bonchev–Trinajstić information content (AvgIpc) is 4.10. The molecule has 5 atom stereocenters. The van der Waals surface area contributed by atoms with Gasteiger partial charge in [0.15, 0.2) is 6.04 Å². The maximum absolute atomic E-state index is 14.7. The number of nitrogens with zero attached hydrogens (tertiary/aromatic N) is 7. The first-order valence-corrected chi connectivity index (χ1v) is 23.2.